The Morgan fingerprint density at radius 1 is 1.12 bits per heavy atom. The van der Waals surface area contributed by atoms with Crippen LogP contribution in [-0.2, 0) is 11.3 Å². The highest BCUT2D eigenvalue weighted by Crippen LogP contribution is 2.38. The maximum Gasteiger partial charge on any atom is 0.408 e. The lowest BCUT2D eigenvalue weighted by atomic mass is 9.99. The van der Waals surface area contributed by atoms with E-state index in [1.807, 2.05) is 30.3 Å². The summed E-state index contributed by atoms with van der Waals surface area (Å²) in [7, 11) is 0. The Morgan fingerprint density at radius 3 is 2.54 bits per heavy atom. The summed E-state index contributed by atoms with van der Waals surface area (Å²) in [6.45, 7) is -0.697. The lowest BCUT2D eigenvalue weighted by Gasteiger charge is -2.32. The van der Waals surface area contributed by atoms with E-state index < -0.39 is 24.7 Å². The van der Waals surface area contributed by atoms with Gasteiger partial charge >= 0.3 is 12.0 Å². The minimum Gasteiger partial charge on any atom is -0.489 e. The quantitative estimate of drug-likeness (QED) is 0.898. The van der Waals surface area contributed by atoms with Gasteiger partial charge in [0.2, 0.25) is 0 Å². The smallest absolute Gasteiger partial charge is 0.408 e. The number of amides is 1. The summed E-state index contributed by atoms with van der Waals surface area (Å²) in [4.78, 5) is 11.3. The Hall–Kier alpha value is -2.34. The summed E-state index contributed by atoms with van der Waals surface area (Å²) in [5, 5.41) is 2.17. The van der Waals surface area contributed by atoms with E-state index in [-0.39, 0.29) is 24.6 Å². The molecule has 1 saturated heterocycles. The molecule has 24 heavy (non-hydrogen) atoms. The average Bonchev–Trinajstić information content (AvgIpc) is 2.56. The summed E-state index contributed by atoms with van der Waals surface area (Å²) >= 11 is 0. The molecule has 0 aliphatic carbocycles. The molecule has 2 aromatic carbocycles. The van der Waals surface area contributed by atoms with E-state index in [9.17, 15) is 13.6 Å². The minimum absolute atomic E-state index is 0. The van der Waals surface area contributed by atoms with Gasteiger partial charge in [0.05, 0.1) is 0 Å². The van der Waals surface area contributed by atoms with Gasteiger partial charge in [-0.15, -0.1) is 12.4 Å². The number of nitrogens with one attached hydrogen (secondary N) is 1. The van der Waals surface area contributed by atoms with E-state index in [1.165, 1.54) is 6.07 Å². The lowest BCUT2D eigenvalue weighted by molar-refractivity contribution is -0.104. The first-order chi connectivity index (χ1) is 11.1. The Kier molecular flexibility index (Phi) is 5.62. The van der Waals surface area contributed by atoms with E-state index in [4.69, 9.17) is 4.74 Å². The van der Waals surface area contributed by atoms with Gasteiger partial charge in [-0.1, -0.05) is 48.5 Å². The molecule has 4 nitrogen and oxygen atoms in total. The van der Waals surface area contributed by atoms with E-state index >= 15 is 0 Å². The van der Waals surface area contributed by atoms with Crippen molar-refractivity contribution in [2.75, 3.05) is 6.61 Å². The topological polar surface area (TPSA) is 47.6 Å². The van der Waals surface area contributed by atoms with Crippen LogP contribution in [-0.4, -0.2) is 18.6 Å². The third-order valence-corrected chi connectivity index (χ3v) is 3.55. The largest absolute Gasteiger partial charge is 0.489 e. The van der Waals surface area contributed by atoms with Gasteiger partial charge in [0.25, 0.3) is 0 Å². The zero-order valence-corrected chi connectivity index (χ0v) is 13.4. The second-order valence-corrected chi connectivity index (χ2v) is 5.23. The third-order valence-electron chi connectivity index (χ3n) is 3.55. The van der Waals surface area contributed by atoms with Crippen molar-refractivity contribution in [3.63, 3.8) is 0 Å². The standard InChI is InChI=1S/C17H15F2NO3.ClH/c18-17(19)11-23-16(21)20-15(17)13-8-4-5-9-14(13)22-10-12-6-2-1-3-7-12;/h1-9,15H,10-11H2,(H,20,21);1H/t15-;/m1./s1. The molecule has 1 amide bonds. The Morgan fingerprint density at radius 2 is 1.79 bits per heavy atom. The highest BCUT2D eigenvalue weighted by molar-refractivity contribution is 5.85. The van der Waals surface area contributed by atoms with Crippen LogP contribution in [0.5, 0.6) is 5.75 Å². The van der Waals surface area contributed by atoms with Crippen molar-refractivity contribution in [3.05, 3.63) is 65.7 Å². The SMILES string of the molecule is Cl.O=C1N[C@H](c2ccccc2OCc2ccccc2)C(F)(F)CO1. The molecule has 0 saturated carbocycles. The van der Waals surface area contributed by atoms with Gasteiger partial charge in [-0.3, -0.25) is 0 Å². The summed E-state index contributed by atoms with van der Waals surface area (Å²) in [6, 6.07) is 14.4. The monoisotopic (exact) mass is 355 g/mol. The Bertz CT molecular complexity index is 697. The molecule has 1 N–H and O–H groups in total. The van der Waals surface area contributed by atoms with Gasteiger partial charge in [0.1, 0.15) is 18.4 Å². The summed E-state index contributed by atoms with van der Waals surface area (Å²) < 4.78 is 38.2. The molecule has 1 aliphatic rings. The predicted molar refractivity (Wildman–Crippen MR) is 86.6 cm³/mol. The lowest BCUT2D eigenvalue weighted by Crippen LogP contribution is -2.49. The van der Waals surface area contributed by atoms with Gasteiger partial charge in [-0.2, -0.15) is 0 Å². The number of hydrogen-bond donors (Lipinski definition) is 1. The van der Waals surface area contributed by atoms with Crippen LogP contribution in [0.15, 0.2) is 54.6 Å². The van der Waals surface area contributed by atoms with Crippen molar-refractivity contribution in [2.45, 2.75) is 18.6 Å². The van der Waals surface area contributed by atoms with Crippen LogP contribution >= 0.6 is 12.4 Å². The van der Waals surface area contributed by atoms with E-state index in [1.54, 1.807) is 18.2 Å². The van der Waals surface area contributed by atoms with Crippen LogP contribution in [0.2, 0.25) is 0 Å². The second-order valence-electron chi connectivity index (χ2n) is 5.23. The number of halogens is 3. The molecule has 1 aliphatic heterocycles. The molecule has 3 rings (SSSR count). The number of rotatable bonds is 4. The number of para-hydroxylation sites is 1. The van der Waals surface area contributed by atoms with Crippen LogP contribution in [0, 0.1) is 0 Å². The fourth-order valence-electron chi connectivity index (χ4n) is 2.40. The van der Waals surface area contributed by atoms with Crippen molar-refractivity contribution >= 4 is 18.5 Å². The number of benzene rings is 2. The molecular formula is C17H16ClF2NO3. The maximum atomic E-state index is 14.1. The average molecular weight is 356 g/mol. The zero-order chi connectivity index (χ0) is 16.3. The number of ether oxygens (including phenoxy) is 2. The molecule has 2 aromatic rings. The van der Waals surface area contributed by atoms with Crippen LogP contribution in [0.3, 0.4) is 0 Å². The number of cyclic esters (lactones) is 1. The van der Waals surface area contributed by atoms with Crippen LogP contribution in [0.4, 0.5) is 13.6 Å². The maximum absolute atomic E-state index is 14.1. The molecule has 0 spiro atoms. The van der Waals surface area contributed by atoms with Crippen LogP contribution in [0.1, 0.15) is 17.2 Å². The normalized spacial score (nSPS) is 18.8. The van der Waals surface area contributed by atoms with Crippen molar-refractivity contribution in [2.24, 2.45) is 0 Å². The van der Waals surface area contributed by atoms with E-state index in [0.29, 0.717) is 5.75 Å². The summed E-state index contributed by atoms with van der Waals surface area (Å²) in [6.07, 6.45) is -0.862. The van der Waals surface area contributed by atoms with Gasteiger partial charge < -0.3 is 14.8 Å². The predicted octanol–water partition coefficient (Wildman–Crippen LogP) is 4.10. The van der Waals surface area contributed by atoms with Crippen molar-refractivity contribution in [3.8, 4) is 5.75 Å². The molecule has 1 heterocycles. The first kappa shape index (κ1) is 18.0. The van der Waals surface area contributed by atoms with Gasteiger partial charge in [0, 0.05) is 5.56 Å². The number of carbonyl (C=O) groups is 1. The molecule has 0 bridgehead atoms. The zero-order valence-electron chi connectivity index (χ0n) is 12.6. The van der Waals surface area contributed by atoms with Crippen molar-refractivity contribution in [1.29, 1.82) is 0 Å². The van der Waals surface area contributed by atoms with Gasteiger partial charge in [-0.25, -0.2) is 13.6 Å². The molecular weight excluding hydrogens is 340 g/mol. The Labute approximate surface area is 144 Å². The summed E-state index contributed by atoms with van der Waals surface area (Å²) in [5.74, 6) is -2.90. The first-order valence-corrected chi connectivity index (χ1v) is 7.13. The minimum atomic E-state index is -3.21. The fourth-order valence-corrected chi connectivity index (χ4v) is 2.40. The molecule has 128 valence electrons. The van der Waals surface area contributed by atoms with E-state index in [0.717, 1.165) is 5.56 Å². The van der Waals surface area contributed by atoms with E-state index in [2.05, 4.69) is 10.1 Å². The van der Waals surface area contributed by atoms with Crippen molar-refractivity contribution in [1.82, 2.24) is 5.32 Å². The number of alkyl halides is 2. The first-order valence-electron chi connectivity index (χ1n) is 7.13. The highest BCUT2D eigenvalue weighted by atomic mass is 35.5. The van der Waals surface area contributed by atoms with Gasteiger partial charge in [-0.05, 0) is 11.6 Å². The highest BCUT2D eigenvalue weighted by Gasteiger charge is 2.47. The third kappa shape index (κ3) is 3.94. The van der Waals surface area contributed by atoms with Gasteiger partial charge in [0.15, 0.2) is 6.61 Å². The molecule has 0 unspecified atom stereocenters. The number of hydrogen-bond acceptors (Lipinski definition) is 3. The second kappa shape index (κ2) is 7.49. The Balaban J connectivity index is 0.00000208. The molecule has 0 radical (unpaired) electrons. The number of carbonyl (C=O) groups excluding carboxylic acids is 1. The summed E-state index contributed by atoms with van der Waals surface area (Å²) in [5.41, 5.74) is 1.15. The molecule has 7 heteroatoms. The molecule has 1 atom stereocenters. The van der Waals surface area contributed by atoms with Crippen LogP contribution in [0.25, 0.3) is 0 Å². The molecule has 1 fully saturated rings. The number of alkyl carbamates (subject to hydrolysis) is 1. The van der Waals surface area contributed by atoms with Crippen LogP contribution < -0.4 is 10.1 Å². The fraction of sp³-hybridized carbons (Fsp3) is 0.235. The van der Waals surface area contributed by atoms with Crippen molar-refractivity contribution < 1.29 is 23.0 Å². The molecule has 0 aromatic heterocycles.